The number of carbonyl (C=O) groups excluding carboxylic acids is 1. The van der Waals surface area contributed by atoms with E-state index in [1.54, 1.807) is 19.2 Å². The number of nitrogens with zero attached hydrogens (tertiary/aromatic N) is 5. The van der Waals surface area contributed by atoms with Crippen LogP contribution in [-0.4, -0.2) is 58.0 Å². The molecule has 0 aromatic carbocycles. The summed E-state index contributed by atoms with van der Waals surface area (Å²) in [5, 5.41) is 18.3. The molecule has 8 heteroatoms. The Bertz CT molecular complexity index is 712. The number of aromatic nitrogens is 4. The van der Waals surface area contributed by atoms with Crippen LogP contribution in [-0.2, 0) is 7.05 Å². The fourth-order valence-corrected chi connectivity index (χ4v) is 3.53. The van der Waals surface area contributed by atoms with Crippen LogP contribution in [0, 0.1) is 5.92 Å². The number of likely N-dealkylation sites (tertiary alicyclic amines) is 1. The van der Waals surface area contributed by atoms with Crippen molar-refractivity contribution >= 4 is 11.7 Å². The standard InChI is InChI=1S/C17H25N7O/c1-18-17(25)13-6-7-15(22-21-13)19-11-12-5-4-10-23(2)16(12)14-8-9-20-24(14)3/h6-9,12,16H,4-5,10-11H2,1-3H3,(H,18,25)(H,19,22)/t12-,16+/m0/s1. The maximum absolute atomic E-state index is 11.5. The molecule has 2 aromatic heterocycles. The summed E-state index contributed by atoms with van der Waals surface area (Å²) < 4.78 is 1.96. The van der Waals surface area contributed by atoms with Gasteiger partial charge in [0.05, 0.1) is 11.7 Å². The summed E-state index contributed by atoms with van der Waals surface area (Å²) in [6, 6.07) is 5.90. The zero-order valence-corrected chi connectivity index (χ0v) is 14.9. The molecule has 1 amide bonds. The minimum atomic E-state index is -0.232. The summed E-state index contributed by atoms with van der Waals surface area (Å²) in [4.78, 5) is 13.9. The number of carbonyl (C=O) groups is 1. The van der Waals surface area contributed by atoms with Crippen LogP contribution >= 0.6 is 0 Å². The normalized spacial score (nSPS) is 21.1. The van der Waals surface area contributed by atoms with Crippen molar-refractivity contribution in [3.63, 3.8) is 0 Å². The van der Waals surface area contributed by atoms with Crippen molar-refractivity contribution in [2.75, 3.05) is 32.5 Å². The highest BCUT2D eigenvalue weighted by molar-refractivity contribution is 5.91. The maximum Gasteiger partial charge on any atom is 0.271 e. The molecule has 25 heavy (non-hydrogen) atoms. The highest BCUT2D eigenvalue weighted by Gasteiger charge is 2.32. The van der Waals surface area contributed by atoms with Crippen LogP contribution in [0.4, 0.5) is 5.82 Å². The highest BCUT2D eigenvalue weighted by Crippen LogP contribution is 2.34. The number of hydrogen-bond donors (Lipinski definition) is 2. The van der Waals surface area contributed by atoms with Gasteiger partial charge in [-0.15, -0.1) is 10.2 Å². The van der Waals surface area contributed by atoms with E-state index in [4.69, 9.17) is 0 Å². The van der Waals surface area contributed by atoms with Gasteiger partial charge >= 0.3 is 0 Å². The lowest BCUT2D eigenvalue weighted by Gasteiger charge is -2.39. The van der Waals surface area contributed by atoms with Gasteiger partial charge in [0.1, 0.15) is 5.82 Å². The third-order valence-corrected chi connectivity index (χ3v) is 4.84. The van der Waals surface area contributed by atoms with Gasteiger partial charge in [-0.25, -0.2) is 0 Å². The topological polar surface area (TPSA) is 88.0 Å². The molecule has 0 saturated carbocycles. The Labute approximate surface area is 147 Å². The second-order valence-corrected chi connectivity index (χ2v) is 6.47. The molecule has 8 nitrogen and oxygen atoms in total. The average molecular weight is 343 g/mol. The minimum Gasteiger partial charge on any atom is -0.368 e. The number of nitrogens with one attached hydrogen (secondary N) is 2. The first kappa shape index (κ1) is 17.3. The summed E-state index contributed by atoms with van der Waals surface area (Å²) in [6.07, 6.45) is 4.18. The molecular weight excluding hydrogens is 318 g/mol. The Kier molecular flexibility index (Phi) is 5.28. The molecule has 0 aliphatic carbocycles. The molecule has 0 radical (unpaired) electrons. The molecule has 0 spiro atoms. The largest absolute Gasteiger partial charge is 0.368 e. The molecule has 0 bridgehead atoms. The first-order chi connectivity index (χ1) is 12.1. The molecular formula is C17H25N7O. The Hall–Kier alpha value is -2.48. The second kappa shape index (κ2) is 7.60. The van der Waals surface area contributed by atoms with Crippen molar-refractivity contribution in [2.24, 2.45) is 13.0 Å². The van der Waals surface area contributed by atoms with Gasteiger partial charge in [0, 0.05) is 26.8 Å². The first-order valence-electron chi connectivity index (χ1n) is 8.58. The zero-order chi connectivity index (χ0) is 17.8. The minimum absolute atomic E-state index is 0.232. The summed E-state index contributed by atoms with van der Waals surface area (Å²) in [7, 11) is 5.74. The second-order valence-electron chi connectivity index (χ2n) is 6.47. The molecule has 0 unspecified atom stereocenters. The average Bonchev–Trinajstić information content (AvgIpc) is 3.05. The summed E-state index contributed by atoms with van der Waals surface area (Å²) >= 11 is 0. The Morgan fingerprint density at radius 3 is 2.76 bits per heavy atom. The van der Waals surface area contributed by atoms with Gasteiger partial charge in [0.25, 0.3) is 5.91 Å². The Morgan fingerprint density at radius 2 is 2.12 bits per heavy atom. The van der Waals surface area contributed by atoms with E-state index < -0.39 is 0 Å². The van der Waals surface area contributed by atoms with Crippen LogP contribution in [0.3, 0.4) is 0 Å². The zero-order valence-electron chi connectivity index (χ0n) is 14.9. The summed E-state index contributed by atoms with van der Waals surface area (Å²) in [5.74, 6) is 0.906. The SMILES string of the molecule is CNC(=O)c1ccc(NC[C@@H]2CCCN(C)[C@H]2c2ccnn2C)nn1. The number of aryl methyl sites for hydroxylation is 1. The number of rotatable bonds is 5. The predicted molar refractivity (Wildman–Crippen MR) is 95.2 cm³/mol. The van der Waals surface area contributed by atoms with E-state index in [1.807, 2.05) is 17.9 Å². The van der Waals surface area contributed by atoms with Crippen LogP contribution in [0.1, 0.15) is 35.1 Å². The van der Waals surface area contributed by atoms with Gasteiger partial charge in [-0.05, 0) is 50.6 Å². The van der Waals surface area contributed by atoms with E-state index in [9.17, 15) is 4.79 Å². The molecule has 1 aliphatic rings. The lowest BCUT2D eigenvalue weighted by Crippen LogP contribution is -2.40. The maximum atomic E-state index is 11.5. The lowest BCUT2D eigenvalue weighted by molar-refractivity contribution is 0.0957. The van der Waals surface area contributed by atoms with Crippen LogP contribution in [0.25, 0.3) is 0 Å². The molecule has 2 N–H and O–H groups in total. The van der Waals surface area contributed by atoms with E-state index in [2.05, 4.69) is 43.9 Å². The van der Waals surface area contributed by atoms with Crippen molar-refractivity contribution in [3.05, 3.63) is 35.8 Å². The Morgan fingerprint density at radius 1 is 1.28 bits per heavy atom. The quantitative estimate of drug-likeness (QED) is 0.844. The van der Waals surface area contributed by atoms with E-state index in [0.717, 1.165) is 19.5 Å². The van der Waals surface area contributed by atoms with E-state index in [0.29, 0.717) is 23.5 Å². The van der Waals surface area contributed by atoms with Crippen molar-refractivity contribution < 1.29 is 4.79 Å². The summed E-state index contributed by atoms with van der Waals surface area (Å²) in [6.45, 7) is 1.89. The van der Waals surface area contributed by atoms with Gasteiger partial charge in [0.15, 0.2) is 5.69 Å². The van der Waals surface area contributed by atoms with Crippen LogP contribution in [0.5, 0.6) is 0 Å². The molecule has 1 fully saturated rings. The van der Waals surface area contributed by atoms with Crippen molar-refractivity contribution in [2.45, 2.75) is 18.9 Å². The smallest absolute Gasteiger partial charge is 0.271 e. The molecule has 2 aromatic rings. The van der Waals surface area contributed by atoms with Crippen molar-refractivity contribution in [1.82, 2.24) is 30.2 Å². The van der Waals surface area contributed by atoms with Crippen LogP contribution < -0.4 is 10.6 Å². The molecule has 2 atom stereocenters. The fraction of sp³-hybridized carbons (Fsp3) is 0.529. The van der Waals surface area contributed by atoms with Crippen LogP contribution in [0.2, 0.25) is 0 Å². The van der Waals surface area contributed by atoms with E-state index in [-0.39, 0.29) is 5.91 Å². The van der Waals surface area contributed by atoms with Gasteiger partial charge in [-0.1, -0.05) is 0 Å². The number of anilines is 1. The number of piperidine rings is 1. The lowest BCUT2D eigenvalue weighted by atomic mass is 9.87. The van der Waals surface area contributed by atoms with E-state index in [1.165, 1.54) is 12.1 Å². The van der Waals surface area contributed by atoms with Crippen molar-refractivity contribution in [3.8, 4) is 0 Å². The number of amides is 1. The van der Waals surface area contributed by atoms with Gasteiger partial charge in [0.2, 0.25) is 0 Å². The van der Waals surface area contributed by atoms with Gasteiger partial charge in [-0.2, -0.15) is 5.10 Å². The third-order valence-electron chi connectivity index (χ3n) is 4.84. The predicted octanol–water partition coefficient (Wildman–Crippen LogP) is 1.06. The van der Waals surface area contributed by atoms with Crippen molar-refractivity contribution in [1.29, 1.82) is 0 Å². The third kappa shape index (κ3) is 3.79. The molecule has 134 valence electrons. The molecule has 1 aliphatic heterocycles. The van der Waals surface area contributed by atoms with E-state index >= 15 is 0 Å². The van der Waals surface area contributed by atoms with Gasteiger partial charge < -0.3 is 10.6 Å². The van der Waals surface area contributed by atoms with Gasteiger partial charge in [-0.3, -0.25) is 14.4 Å². The Balaban J connectivity index is 1.68. The molecule has 3 heterocycles. The highest BCUT2D eigenvalue weighted by atomic mass is 16.1. The molecule has 1 saturated heterocycles. The van der Waals surface area contributed by atoms with Crippen LogP contribution in [0.15, 0.2) is 24.4 Å². The number of hydrogen-bond acceptors (Lipinski definition) is 6. The molecule has 3 rings (SSSR count). The summed E-state index contributed by atoms with van der Waals surface area (Å²) in [5.41, 5.74) is 1.55. The monoisotopic (exact) mass is 343 g/mol. The first-order valence-corrected chi connectivity index (χ1v) is 8.58. The fourth-order valence-electron chi connectivity index (χ4n) is 3.53.